The zero-order valence-corrected chi connectivity index (χ0v) is 20.5. The molecule has 7 rings (SSSR count). The van der Waals surface area contributed by atoms with Gasteiger partial charge in [0.2, 0.25) is 0 Å². The molecular formula is C32H24BrN. The molecule has 0 spiro atoms. The number of nitrogens with zero attached hydrogens (tertiary/aromatic N) is 1. The van der Waals surface area contributed by atoms with E-state index in [1.54, 1.807) is 0 Å². The lowest BCUT2D eigenvalue weighted by Gasteiger charge is -2.33. The van der Waals surface area contributed by atoms with Gasteiger partial charge in [-0.1, -0.05) is 70.5 Å². The van der Waals surface area contributed by atoms with Crippen LogP contribution in [0.5, 0.6) is 0 Å². The van der Waals surface area contributed by atoms with Crippen LogP contribution in [0.4, 0.5) is 17.1 Å². The van der Waals surface area contributed by atoms with Crippen LogP contribution in [-0.2, 0) is 25.7 Å². The van der Waals surface area contributed by atoms with Crippen molar-refractivity contribution in [1.29, 1.82) is 0 Å². The van der Waals surface area contributed by atoms with E-state index in [4.69, 9.17) is 0 Å². The molecule has 0 saturated carbocycles. The van der Waals surface area contributed by atoms with Gasteiger partial charge in [-0.15, -0.1) is 0 Å². The van der Waals surface area contributed by atoms with Crippen molar-refractivity contribution in [3.63, 3.8) is 0 Å². The third kappa shape index (κ3) is 3.13. The number of anilines is 3. The zero-order chi connectivity index (χ0) is 22.6. The first-order valence-electron chi connectivity index (χ1n) is 12.1. The number of fused-ring (bicyclic) bond motifs is 1. The van der Waals surface area contributed by atoms with E-state index in [0.717, 1.165) is 25.7 Å². The maximum absolute atomic E-state index is 3.74. The number of aryl methyl sites for hydroxylation is 4. The molecule has 0 aliphatic heterocycles. The molecule has 0 saturated heterocycles. The van der Waals surface area contributed by atoms with Crippen LogP contribution >= 0.6 is 15.9 Å². The van der Waals surface area contributed by atoms with Gasteiger partial charge in [0.25, 0.3) is 0 Å². The maximum Gasteiger partial charge on any atom is 0.0540 e. The van der Waals surface area contributed by atoms with Gasteiger partial charge in [0.05, 0.1) is 5.69 Å². The topological polar surface area (TPSA) is 3.24 Å². The molecule has 0 fully saturated rings. The van der Waals surface area contributed by atoms with Gasteiger partial charge < -0.3 is 4.90 Å². The largest absolute Gasteiger partial charge is 0.310 e. The molecule has 5 aromatic carbocycles. The SMILES string of the molecule is Brc1cc2c3c(c1)CCc1cc(N(c4ccccc4)c4cccc5ccccc45)cc(c1-3)CC2. The maximum atomic E-state index is 3.74. The van der Waals surface area contributed by atoms with Crippen molar-refractivity contribution < 1.29 is 0 Å². The molecule has 0 atom stereocenters. The molecule has 34 heavy (non-hydrogen) atoms. The summed E-state index contributed by atoms with van der Waals surface area (Å²) in [7, 11) is 0. The summed E-state index contributed by atoms with van der Waals surface area (Å²) in [5.74, 6) is 0. The third-order valence-electron chi connectivity index (χ3n) is 7.41. The van der Waals surface area contributed by atoms with Crippen molar-refractivity contribution >= 4 is 43.8 Å². The third-order valence-corrected chi connectivity index (χ3v) is 7.87. The summed E-state index contributed by atoms with van der Waals surface area (Å²) in [6.45, 7) is 0. The van der Waals surface area contributed by atoms with Crippen LogP contribution < -0.4 is 4.90 Å². The zero-order valence-electron chi connectivity index (χ0n) is 18.9. The van der Waals surface area contributed by atoms with E-state index in [2.05, 4.69) is 118 Å². The van der Waals surface area contributed by atoms with E-state index < -0.39 is 0 Å². The average Bonchev–Trinajstić information content (AvgIpc) is 2.88. The number of benzene rings is 5. The van der Waals surface area contributed by atoms with Gasteiger partial charge in [-0.3, -0.25) is 0 Å². The predicted octanol–water partition coefficient (Wildman–Crippen LogP) is 8.94. The molecule has 5 aromatic rings. The number of para-hydroxylation sites is 1. The highest BCUT2D eigenvalue weighted by Crippen LogP contribution is 2.47. The first kappa shape index (κ1) is 20.1. The van der Waals surface area contributed by atoms with E-state index in [-0.39, 0.29) is 0 Å². The van der Waals surface area contributed by atoms with E-state index in [0.29, 0.717) is 0 Å². The highest BCUT2D eigenvalue weighted by atomic mass is 79.9. The number of hydrogen-bond donors (Lipinski definition) is 0. The van der Waals surface area contributed by atoms with Gasteiger partial charge >= 0.3 is 0 Å². The van der Waals surface area contributed by atoms with Crippen molar-refractivity contribution in [2.75, 3.05) is 4.90 Å². The monoisotopic (exact) mass is 501 g/mol. The fraction of sp³-hybridized carbons (Fsp3) is 0.125. The predicted molar refractivity (Wildman–Crippen MR) is 147 cm³/mol. The highest BCUT2D eigenvalue weighted by Gasteiger charge is 2.28. The summed E-state index contributed by atoms with van der Waals surface area (Å²) in [5, 5.41) is 2.54. The minimum atomic E-state index is 1.09. The van der Waals surface area contributed by atoms with Gasteiger partial charge in [-0.25, -0.2) is 0 Å². The average molecular weight is 502 g/mol. The van der Waals surface area contributed by atoms with Gasteiger partial charge in [0.15, 0.2) is 0 Å². The van der Waals surface area contributed by atoms with Crippen LogP contribution in [0.3, 0.4) is 0 Å². The molecule has 2 aliphatic rings. The summed E-state index contributed by atoms with van der Waals surface area (Å²) in [6, 6.07) is 35.7. The molecule has 0 unspecified atom stereocenters. The molecule has 0 amide bonds. The van der Waals surface area contributed by atoms with E-state index in [9.17, 15) is 0 Å². The Bertz CT molecular complexity index is 1510. The highest BCUT2D eigenvalue weighted by molar-refractivity contribution is 9.10. The van der Waals surface area contributed by atoms with Gasteiger partial charge in [0.1, 0.15) is 0 Å². The first-order chi connectivity index (χ1) is 16.8. The summed E-state index contributed by atoms with van der Waals surface area (Å²) in [5.41, 5.74) is 12.7. The van der Waals surface area contributed by atoms with Crippen molar-refractivity contribution in [2.24, 2.45) is 0 Å². The molecule has 1 nitrogen and oxygen atoms in total. The quantitative estimate of drug-likeness (QED) is 0.238. The molecule has 2 heteroatoms. The molecule has 0 heterocycles. The van der Waals surface area contributed by atoms with E-state index in [1.807, 2.05) is 0 Å². The molecule has 164 valence electrons. The Morgan fingerprint density at radius 2 is 1.09 bits per heavy atom. The lowest BCUT2D eigenvalue weighted by molar-refractivity contribution is 0.874. The smallest absolute Gasteiger partial charge is 0.0540 e. The molecule has 0 N–H and O–H groups in total. The Kier molecular flexibility index (Phi) is 4.63. The second-order valence-electron chi connectivity index (χ2n) is 9.41. The van der Waals surface area contributed by atoms with Gasteiger partial charge in [-0.05, 0) is 107 Å². The normalized spacial score (nSPS) is 13.6. The van der Waals surface area contributed by atoms with Crippen molar-refractivity contribution in [3.05, 3.63) is 124 Å². The minimum absolute atomic E-state index is 1.09. The van der Waals surface area contributed by atoms with Crippen LogP contribution in [0, 0.1) is 0 Å². The van der Waals surface area contributed by atoms with Crippen LogP contribution in [0.15, 0.2) is 102 Å². The molecular weight excluding hydrogens is 478 g/mol. The lowest BCUT2D eigenvalue weighted by Crippen LogP contribution is -2.17. The van der Waals surface area contributed by atoms with Crippen molar-refractivity contribution in [3.8, 4) is 11.1 Å². The van der Waals surface area contributed by atoms with Crippen LogP contribution in [-0.4, -0.2) is 0 Å². The van der Waals surface area contributed by atoms with E-state index >= 15 is 0 Å². The fourth-order valence-electron chi connectivity index (χ4n) is 5.98. The van der Waals surface area contributed by atoms with Gasteiger partial charge in [0, 0.05) is 21.2 Å². The second kappa shape index (κ2) is 7.85. The number of halogens is 1. The molecule has 0 bridgehead atoms. The summed E-state index contributed by atoms with van der Waals surface area (Å²) in [6.07, 6.45) is 4.41. The standard InChI is InChI=1S/C32H24BrN/c33-26-17-22-13-15-24-19-28(20-25-16-14-23(18-26)31(22)32(24)25)34(27-9-2-1-3-10-27)30-12-6-8-21-7-4-5-11-29(21)30/h1-12,17-20H,13-16H2. The van der Waals surface area contributed by atoms with Gasteiger partial charge in [-0.2, -0.15) is 0 Å². The molecule has 2 aliphatic carbocycles. The fourth-order valence-corrected chi connectivity index (χ4v) is 6.53. The summed E-state index contributed by atoms with van der Waals surface area (Å²) >= 11 is 3.74. The summed E-state index contributed by atoms with van der Waals surface area (Å²) < 4.78 is 1.22. The van der Waals surface area contributed by atoms with Crippen molar-refractivity contribution in [1.82, 2.24) is 0 Å². The Morgan fingerprint density at radius 1 is 0.529 bits per heavy atom. The Balaban J connectivity index is 1.47. The summed E-state index contributed by atoms with van der Waals surface area (Å²) in [4.78, 5) is 2.45. The lowest BCUT2D eigenvalue weighted by atomic mass is 9.75. The Labute approximate surface area is 208 Å². The molecule has 0 aromatic heterocycles. The number of rotatable bonds is 3. The Morgan fingerprint density at radius 3 is 1.76 bits per heavy atom. The first-order valence-corrected chi connectivity index (χ1v) is 12.9. The van der Waals surface area contributed by atoms with Crippen LogP contribution in [0.1, 0.15) is 22.3 Å². The minimum Gasteiger partial charge on any atom is -0.310 e. The van der Waals surface area contributed by atoms with E-state index in [1.165, 1.54) is 65.7 Å². The second-order valence-corrected chi connectivity index (χ2v) is 10.3. The van der Waals surface area contributed by atoms with Crippen molar-refractivity contribution in [2.45, 2.75) is 25.7 Å². The van der Waals surface area contributed by atoms with Crippen LogP contribution in [0.2, 0.25) is 0 Å². The van der Waals surface area contributed by atoms with Crippen LogP contribution in [0.25, 0.3) is 21.9 Å². The number of hydrogen-bond acceptors (Lipinski definition) is 1. The Hall–Kier alpha value is -3.36. The molecule has 0 radical (unpaired) electrons.